The van der Waals surface area contributed by atoms with Crippen molar-refractivity contribution in [2.24, 2.45) is 0 Å². The molecule has 106 valence electrons. The molecule has 0 aliphatic heterocycles. The lowest BCUT2D eigenvalue weighted by Gasteiger charge is -2.11. The first-order valence-corrected chi connectivity index (χ1v) is 5.67. The second-order valence-electron chi connectivity index (χ2n) is 3.67. The first kappa shape index (κ1) is 14.1. The number of ether oxygens (including phenoxy) is 2. The van der Waals surface area contributed by atoms with Crippen LogP contribution in [0.15, 0.2) is 16.7 Å². The van der Waals surface area contributed by atoms with E-state index in [2.05, 4.69) is 5.16 Å². The van der Waals surface area contributed by atoms with Gasteiger partial charge in [-0.1, -0.05) is 16.8 Å². The molecular weight excluding hydrogens is 293 g/mol. The van der Waals surface area contributed by atoms with E-state index >= 15 is 0 Å². The predicted octanol–water partition coefficient (Wildman–Crippen LogP) is 2.85. The van der Waals surface area contributed by atoms with Crippen molar-refractivity contribution in [1.29, 1.82) is 0 Å². The highest BCUT2D eigenvalue weighted by Gasteiger charge is 2.22. The molecule has 0 spiro atoms. The van der Waals surface area contributed by atoms with Gasteiger partial charge in [0.1, 0.15) is 5.02 Å². The highest BCUT2D eigenvalue weighted by Crippen LogP contribution is 2.42. The molecule has 0 saturated heterocycles. The molecule has 2 aromatic rings. The molecule has 0 radical (unpaired) electrons. The molecular formula is C12H9ClFNO5. The SMILES string of the molecule is COc1cc(-c2cc(C(=O)O)no2)c(F)c(Cl)c1OC. The van der Waals surface area contributed by atoms with Gasteiger partial charge in [0.2, 0.25) is 0 Å². The Kier molecular flexibility index (Phi) is 3.80. The maximum Gasteiger partial charge on any atom is 0.358 e. The lowest BCUT2D eigenvalue weighted by Crippen LogP contribution is -1.96. The number of aromatic carboxylic acids is 1. The molecule has 1 aromatic heterocycles. The van der Waals surface area contributed by atoms with Gasteiger partial charge in [-0.15, -0.1) is 0 Å². The Balaban J connectivity index is 2.61. The Labute approximate surface area is 117 Å². The fraction of sp³-hybridized carbons (Fsp3) is 0.167. The van der Waals surface area contributed by atoms with Crippen LogP contribution in [0, 0.1) is 5.82 Å². The zero-order chi connectivity index (χ0) is 14.9. The van der Waals surface area contributed by atoms with Crippen molar-refractivity contribution >= 4 is 17.6 Å². The van der Waals surface area contributed by atoms with Crippen LogP contribution in [-0.2, 0) is 0 Å². The van der Waals surface area contributed by atoms with E-state index in [1.54, 1.807) is 0 Å². The van der Waals surface area contributed by atoms with E-state index in [9.17, 15) is 9.18 Å². The second kappa shape index (κ2) is 5.38. The Morgan fingerprint density at radius 1 is 1.40 bits per heavy atom. The number of aromatic nitrogens is 1. The van der Waals surface area contributed by atoms with Crippen LogP contribution in [0.5, 0.6) is 11.5 Å². The van der Waals surface area contributed by atoms with E-state index in [1.807, 2.05) is 0 Å². The molecule has 1 aromatic carbocycles. The number of halogens is 2. The fourth-order valence-corrected chi connectivity index (χ4v) is 1.88. The minimum Gasteiger partial charge on any atom is -0.493 e. The fourth-order valence-electron chi connectivity index (χ4n) is 1.61. The molecule has 0 aliphatic carbocycles. The number of carbonyl (C=O) groups is 1. The molecule has 0 saturated carbocycles. The zero-order valence-corrected chi connectivity index (χ0v) is 11.2. The number of rotatable bonds is 4. The summed E-state index contributed by atoms with van der Waals surface area (Å²) in [4.78, 5) is 10.7. The molecule has 6 nitrogen and oxygen atoms in total. The highest BCUT2D eigenvalue weighted by molar-refractivity contribution is 6.32. The number of carboxylic acid groups (broad SMARTS) is 1. The van der Waals surface area contributed by atoms with Crippen LogP contribution in [0.1, 0.15) is 10.5 Å². The molecule has 0 fully saturated rings. The van der Waals surface area contributed by atoms with Crippen molar-refractivity contribution in [3.63, 3.8) is 0 Å². The van der Waals surface area contributed by atoms with Crippen molar-refractivity contribution in [1.82, 2.24) is 5.16 Å². The molecule has 2 rings (SSSR count). The van der Waals surface area contributed by atoms with Crippen LogP contribution in [0.4, 0.5) is 4.39 Å². The summed E-state index contributed by atoms with van der Waals surface area (Å²) in [7, 11) is 2.68. The van der Waals surface area contributed by atoms with Gasteiger partial charge >= 0.3 is 5.97 Å². The average Bonchev–Trinajstić information content (AvgIpc) is 2.91. The van der Waals surface area contributed by atoms with Gasteiger partial charge in [-0.2, -0.15) is 0 Å². The molecule has 8 heteroatoms. The van der Waals surface area contributed by atoms with Crippen LogP contribution < -0.4 is 9.47 Å². The van der Waals surface area contributed by atoms with E-state index < -0.39 is 11.8 Å². The lowest BCUT2D eigenvalue weighted by molar-refractivity contribution is 0.0686. The molecule has 0 unspecified atom stereocenters. The van der Waals surface area contributed by atoms with Crippen LogP contribution in [0.3, 0.4) is 0 Å². The monoisotopic (exact) mass is 301 g/mol. The first-order valence-electron chi connectivity index (χ1n) is 5.30. The largest absolute Gasteiger partial charge is 0.493 e. The Bertz CT molecular complexity index is 670. The maximum atomic E-state index is 14.2. The molecule has 0 atom stereocenters. The van der Waals surface area contributed by atoms with Gasteiger partial charge in [0, 0.05) is 6.07 Å². The van der Waals surface area contributed by atoms with Crippen LogP contribution in [0.2, 0.25) is 5.02 Å². The van der Waals surface area contributed by atoms with Gasteiger partial charge in [-0.3, -0.25) is 0 Å². The van der Waals surface area contributed by atoms with Crippen molar-refractivity contribution in [2.45, 2.75) is 0 Å². The molecule has 1 heterocycles. The third-order valence-corrected chi connectivity index (χ3v) is 2.88. The number of benzene rings is 1. The third kappa shape index (κ3) is 2.27. The first-order chi connectivity index (χ1) is 9.49. The summed E-state index contributed by atoms with van der Waals surface area (Å²) < 4.78 is 28.9. The molecule has 20 heavy (non-hydrogen) atoms. The van der Waals surface area contributed by atoms with E-state index in [0.717, 1.165) is 6.07 Å². The Morgan fingerprint density at radius 2 is 2.10 bits per heavy atom. The smallest absolute Gasteiger partial charge is 0.358 e. The Morgan fingerprint density at radius 3 is 2.60 bits per heavy atom. The van der Waals surface area contributed by atoms with Gasteiger partial charge in [-0.05, 0) is 6.07 Å². The van der Waals surface area contributed by atoms with E-state index in [0.29, 0.717) is 0 Å². The highest BCUT2D eigenvalue weighted by atomic mass is 35.5. The third-order valence-electron chi connectivity index (χ3n) is 2.55. The summed E-state index contributed by atoms with van der Waals surface area (Å²) in [5, 5.41) is 11.8. The minimum atomic E-state index is -1.29. The van der Waals surface area contributed by atoms with Gasteiger partial charge in [-0.25, -0.2) is 9.18 Å². The normalized spacial score (nSPS) is 10.4. The van der Waals surface area contributed by atoms with Gasteiger partial charge in [0.25, 0.3) is 0 Å². The van der Waals surface area contributed by atoms with Crippen LogP contribution >= 0.6 is 11.6 Å². The van der Waals surface area contributed by atoms with E-state index in [1.165, 1.54) is 20.3 Å². The number of hydrogen-bond donors (Lipinski definition) is 1. The summed E-state index contributed by atoms with van der Waals surface area (Å²) >= 11 is 5.84. The number of hydrogen-bond acceptors (Lipinski definition) is 5. The topological polar surface area (TPSA) is 81.8 Å². The van der Waals surface area contributed by atoms with Gasteiger partial charge in [0.15, 0.2) is 28.8 Å². The van der Waals surface area contributed by atoms with Gasteiger partial charge in [0.05, 0.1) is 19.8 Å². The van der Waals surface area contributed by atoms with Crippen molar-refractivity contribution < 1.29 is 28.3 Å². The Hall–Kier alpha value is -2.28. The number of nitrogens with zero attached hydrogens (tertiary/aromatic N) is 1. The number of carboxylic acids is 1. The second-order valence-corrected chi connectivity index (χ2v) is 4.05. The molecule has 0 aliphatic rings. The zero-order valence-electron chi connectivity index (χ0n) is 10.4. The summed E-state index contributed by atoms with van der Waals surface area (Å²) in [6, 6.07) is 2.37. The molecule has 0 amide bonds. The number of methoxy groups -OCH3 is 2. The van der Waals surface area contributed by atoms with Crippen LogP contribution in [-0.4, -0.2) is 30.5 Å². The standard InChI is InChI=1S/C12H9ClFNO5/c1-18-8-3-5(10(14)9(13)11(8)19-2)7-4-6(12(16)17)15-20-7/h3-4H,1-2H3,(H,16,17). The molecule has 0 bridgehead atoms. The summed E-state index contributed by atoms with van der Waals surface area (Å²) in [6.45, 7) is 0. The summed E-state index contributed by atoms with van der Waals surface area (Å²) in [6.07, 6.45) is 0. The predicted molar refractivity (Wildman–Crippen MR) is 67.0 cm³/mol. The summed E-state index contributed by atoms with van der Waals surface area (Å²) in [5.41, 5.74) is -0.419. The van der Waals surface area contributed by atoms with Crippen molar-refractivity contribution in [3.05, 3.63) is 28.7 Å². The van der Waals surface area contributed by atoms with Crippen LogP contribution in [0.25, 0.3) is 11.3 Å². The van der Waals surface area contributed by atoms with E-state index in [-0.39, 0.29) is 33.5 Å². The average molecular weight is 302 g/mol. The van der Waals surface area contributed by atoms with Crippen molar-refractivity contribution in [3.8, 4) is 22.8 Å². The van der Waals surface area contributed by atoms with E-state index in [4.69, 9.17) is 30.7 Å². The minimum absolute atomic E-state index is 0.0355. The quantitative estimate of drug-likeness (QED) is 0.935. The van der Waals surface area contributed by atoms with Crippen molar-refractivity contribution in [2.75, 3.05) is 14.2 Å². The summed E-state index contributed by atoms with van der Waals surface area (Å²) in [5.74, 6) is -1.97. The molecule has 1 N–H and O–H groups in total. The maximum absolute atomic E-state index is 14.2. The lowest BCUT2D eigenvalue weighted by atomic mass is 10.1. The van der Waals surface area contributed by atoms with Gasteiger partial charge < -0.3 is 19.1 Å².